The molecule has 1 amide bonds. The third-order valence-corrected chi connectivity index (χ3v) is 5.38. The highest BCUT2D eigenvalue weighted by Crippen LogP contribution is 2.22. The lowest BCUT2D eigenvalue weighted by Crippen LogP contribution is -2.48. The zero-order chi connectivity index (χ0) is 17.1. The molecule has 2 heterocycles. The minimum atomic E-state index is 0.322. The van der Waals surface area contributed by atoms with Crippen molar-refractivity contribution < 1.29 is 4.79 Å². The molecule has 1 fully saturated rings. The minimum Gasteiger partial charge on any atom is -0.340 e. The minimum absolute atomic E-state index is 0.322. The number of allylic oxidation sites excluding steroid dienone is 2. The van der Waals surface area contributed by atoms with Crippen molar-refractivity contribution >= 4 is 16.8 Å². The molecule has 1 aliphatic heterocycles. The number of hydrogen-bond acceptors (Lipinski definition) is 3. The van der Waals surface area contributed by atoms with Crippen LogP contribution in [0.25, 0.3) is 10.9 Å². The number of carbonyl (C=O) groups excluding carboxylic acids is 1. The van der Waals surface area contributed by atoms with E-state index in [-0.39, 0.29) is 0 Å². The van der Waals surface area contributed by atoms with Gasteiger partial charge in [-0.25, -0.2) is 0 Å². The Kier molecular flexibility index (Phi) is 4.79. The number of benzene rings is 1. The van der Waals surface area contributed by atoms with Crippen molar-refractivity contribution in [3.05, 3.63) is 54.2 Å². The van der Waals surface area contributed by atoms with Crippen LogP contribution in [0.1, 0.15) is 24.8 Å². The summed E-state index contributed by atoms with van der Waals surface area (Å²) in [5.74, 6) is 0.787. The number of amides is 1. The van der Waals surface area contributed by atoms with Crippen LogP contribution in [0.15, 0.2) is 48.7 Å². The van der Waals surface area contributed by atoms with Crippen molar-refractivity contribution in [3.8, 4) is 0 Å². The van der Waals surface area contributed by atoms with Gasteiger partial charge >= 0.3 is 0 Å². The molecule has 1 unspecified atom stereocenters. The van der Waals surface area contributed by atoms with Crippen molar-refractivity contribution in [1.29, 1.82) is 0 Å². The standard InChI is InChI=1S/C21H25N3O/c25-20(15-17-5-1-2-6-17)24-13-11-23(12-14-24)16-19-8-3-7-18-9-4-10-22-21(18)19/h1,3-5,7-10,17H,2,6,11-16H2. The largest absolute Gasteiger partial charge is 0.340 e. The summed E-state index contributed by atoms with van der Waals surface area (Å²) in [6.07, 6.45) is 9.23. The van der Waals surface area contributed by atoms with E-state index in [4.69, 9.17) is 0 Å². The number of para-hydroxylation sites is 1. The molecular formula is C21H25N3O. The second-order valence-electron chi connectivity index (χ2n) is 7.12. The van der Waals surface area contributed by atoms with Gasteiger partial charge in [-0.05, 0) is 30.4 Å². The molecule has 130 valence electrons. The van der Waals surface area contributed by atoms with Crippen molar-refractivity contribution in [2.45, 2.75) is 25.8 Å². The predicted molar refractivity (Wildman–Crippen MR) is 100 cm³/mol. The molecule has 2 aliphatic rings. The van der Waals surface area contributed by atoms with Crippen molar-refractivity contribution in [2.24, 2.45) is 5.92 Å². The second-order valence-corrected chi connectivity index (χ2v) is 7.12. The Morgan fingerprint density at radius 3 is 2.76 bits per heavy atom. The van der Waals surface area contributed by atoms with Crippen LogP contribution in [0.2, 0.25) is 0 Å². The van der Waals surface area contributed by atoms with E-state index in [0.717, 1.165) is 51.1 Å². The van der Waals surface area contributed by atoms with Crippen LogP contribution in [-0.4, -0.2) is 46.9 Å². The first-order valence-corrected chi connectivity index (χ1v) is 9.29. The van der Waals surface area contributed by atoms with E-state index < -0.39 is 0 Å². The first kappa shape index (κ1) is 16.3. The van der Waals surface area contributed by atoms with Gasteiger partial charge in [0.05, 0.1) is 5.52 Å². The SMILES string of the molecule is O=C(CC1C=CCC1)N1CCN(Cc2cccc3cccnc23)CC1. The first-order valence-electron chi connectivity index (χ1n) is 9.29. The van der Waals surface area contributed by atoms with Gasteiger partial charge in [0, 0.05) is 50.7 Å². The fourth-order valence-electron chi connectivity index (χ4n) is 3.91. The Morgan fingerprint density at radius 2 is 1.96 bits per heavy atom. The van der Waals surface area contributed by atoms with Crippen molar-refractivity contribution in [2.75, 3.05) is 26.2 Å². The molecule has 4 nitrogen and oxygen atoms in total. The fourth-order valence-corrected chi connectivity index (χ4v) is 3.91. The summed E-state index contributed by atoms with van der Waals surface area (Å²) >= 11 is 0. The van der Waals surface area contributed by atoms with E-state index in [9.17, 15) is 4.79 Å². The summed E-state index contributed by atoms with van der Waals surface area (Å²) in [6.45, 7) is 4.47. The maximum atomic E-state index is 12.5. The van der Waals surface area contributed by atoms with E-state index in [1.54, 1.807) is 0 Å². The normalized spacial score (nSPS) is 21.1. The maximum absolute atomic E-state index is 12.5. The van der Waals surface area contributed by atoms with Crippen molar-refractivity contribution in [3.63, 3.8) is 0 Å². The third-order valence-electron chi connectivity index (χ3n) is 5.38. The van der Waals surface area contributed by atoms with Gasteiger partial charge in [-0.15, -0.1) is 0 Å². The molecule has 1 aromatic carbocycles. The third kappa shape index (κ3) is 3.74. The predicted octanol–water partition coefficient (Wildman–Crippen LogP) is 3.24. The first-order chi connectivity index (χ1) is 12.3. The van der Waals surface area contributed by atoms with Gasteiger partial charge in [-0.2, -0.15) is 0 Å². The van der Waals surface area contributed by atoms with Crippen LogP contribution < -0.4 is 0 Å². The van der Waals surface area contributed by atoms with E-state index in [1.807, 2.05) is 17.2 Å². The molecule has 4 heteroatoms. The van der Waals surface area contributed by atoms with Gasteiger partial charge in [-0.3, -0.25) is 14.7 Å². The number of rotatable bonds is 4. The van der Waals surface area contributed by atoms with E-state index >= 15 is 0 Å². The van der Waals surface area contributed by atoms with Crippen LogP contribution in [0.5, 0.6) is 0 Å². The number of nitrogens with zero attached hydrogens (tertiary/aromatic N) is 3. The van der Waals surface area contributed by atoms with E-state index in [2.05, 4.69) is 46.3 Å². The van der Waals surface area contributed by atoms with Crippen LogP contribution in [0.4, 0.5) is 0 Å². The van der Waals surface area contributed by atoms with E-state index in [1.165, 1.54) is 10.9 Å². The summed E-state index contributed by atoms with van der Waals surface area (Å²) in [5, 5.41) is 1.19. The fraction of sp³-hybridized carbons (Fsp3) is 0.429. The maximum Gasteiger partial charge on any atom is 0.223 e. The summed E-state index contributed by atoms with van der Waals surface area (Å²) in [7, 11) is 0. The lowest BCUT2D eigenvalue weighted by Gasteiger charge is -2.35. The molecule has 0 N–H and O–H groups in total. The Hall–Kier alpha value is -2.20. The van der Waals surface area contributed by atoms with Gasteiger partial charge in [0.1, 0.15) is 0 Å². The van der Waals surface area contributed by atoms with Gasteiger partial charge in [-0.1, -0.05) is 36.4 Å². The zero-order valence-electron chi connectivity index (χ0n) is 14.6. The molecule has 1 aromatic heterocycles. The lowest BCUT2D eigenvalue weighted by molar-refractivity contribution is -0.133. The van der Waals surface area contributed by atoms with Crippen LogP contribution in [0.3, 0.4) is 0 Å². The highest BCUT2D eigenvalue weighted by Gasteiger charge is 2.23. The average Bonchev–Trinajstić information content (AvgIpc) is 3.16. The number of pyridine rings is 1. The number of fused-ring (bicyclic) bond motifs is 1. The summed E-state index contributed by atoms with van der Waals surface area (Å²) in [6, 6.07) is 10.5. The summed E-state index contributed by atoms with van der Waals surface area (Å²) in [4.78, 5) is 21.5. The molecule has 1 aliphatic carbocycles. The molecule has 0 radical (unpaired) electrons. The second kappa shape index (κ2) is 7.36. The van der Waals surface area contributed by atoms with Crippen LogP contribution >= 0.6 is 0 Å². The molecule has 1 atom stereocenters. The summed E-state index contributed by atoms with van der Waals surface area (Å²) in [5.41, 5.74) is 2.37. The zero-order valence-corrected chi connectivity index (χ0v) is 14.6. The highest BCUT2D eigenvalue weighted by atomic mass is 16.2. The Labute approximate surface area is 149 Å². The van der Waals surface area contributed by atoms with Gasteiger partial charge in [0.15, 0.2) is 0 Å². The Morgan fingerprint density at radius 1 is 1.12 bits per heavy atom. The monoisotopic (exact) mass is 335 g/mol. The molecule has 25 heavy (non-hydrogen) atoms. The van der Waals surface area contributed by atoms with Gasteiger partial charge < -0.3 is 4.90 Å². The smallest absolute Gasteiger partial charge is 0.223 e. The Bertz CT molecular complexity index is 772. The Balaban J connectivity index is 1.34. The number of carbonyl (C=O) groups is 1. The van der Waals surface area contributed by atoms with Gasteiger partial charge in [0.25, 0.3) is 0 Å². The number of aromatic nitrogens is 1. The van der Waals surface area contributed by atoms with E-state index in [0.29, 0.717) is 18.2 Å². The lowest BCUT2D eigenvalue weighted by atomic mass is 10.0. The molecule has 2 aromatic rings. The number of hydrogen-bond donors (Lipinski definition) is 0. The van der Waals surface area contributed by atoms with Crippen LogP contribution in [-0.2, 0) is 11.3 Å². The molecule has 0 spiro atoms. The van der Waals surface area contributed by atoms with Gasteiger partial charge in [0.2, 0.25) is 5.91 Å². The number of piperazine rings is 1. The van der Waals surface area contributed by atoms with Crippen LogP contribution in [0, 0.1) is 5.92 Å². The molecule has 4 rings (SSSR count). The van der Waals surface area contributed by atoms with Crippen molar-refractivity contribution in [1.82, 2.24) is 14.8 Å². The molecule has 1 saturated heterocycles. The topological polar surface area (TPSA) is 36.4 Å². The molecular weight excluding hydrogens is 310 g/mol. The quantitative estimate of drug-likeness (QED) is 0.805. The average molecular weight is 335 g/mol. The molecule has 0 bridgehead atoms. The summed E-state index contributed by atoms with van der Waals surface area (Å²) < 4.78 is 0. The highest BCUT2D eigenvalue weighted by molar-refractivity contribution is 5.81. The molecule has 0 saturated carbocycles.